The fraction of sp³-hybridized carbons (Fsp3) is 0.588. The van der Waals surface area contributed by atoms with Gasteiger partial charge in [-0.05, 0) is 50.9 Å². The van der Waals surface area contributed by atoms with E-state index in [4.69, 9.17) is 9.47 Å². The molecule has 0 aromatic heterocycles. The van der Waals surface area contributed by atoms with Crippen LogP contribution in [0.5, 0.6) is 11.5 Å². The van der Waals surface area contributed by atoms with E-state index in [2.05, 4.69) is 22.3 Å². The fourth-order valence-corrected chi connectivity index (χ4v) is 3.21. The van der Waals surface area contributed by atoms with Crippen molar-refractivity contribution < 1.29 is 14.3 Å². The SMILES string of the molecule is CC(C)NC(=O)CN1CCCC1c1ccc2c(c1)OCCO2. The number of nitrogens with zero attached hydrogens (tertiary/aromatic N) is 1. The van der Waals surface area contributed by atoms with Crippen LogP contribution < -0.4 is 14.8 Å². The van der Waals surface area contributed by atoms with Gasteiger partial charge < -0.3 is 14.8 Å². The maximum absolute atomic E-state index is 12.0. The number of amides is 1. The van der Waals surface area contributed by atoms with Gasteiger partial charge in [0.05, 0.1) is 6.54 Å². The second-order valence-corrected chi connectivity index (χ2v) is 6.25. The van der Waals surface area contributed by atoms with Crippen molar-refractivity contribution in [2.45, 2.75) is 38.8 Å². The Morgan fingerprint density at radius 3 is 2.86 bits per heavy atom. The van der Waals surface area contributed by atoms with Crippen LogP contribution in [-0.2, 0) is 4.79 Å². The quantitative estimate of drug-likeness (QED) is 0.926. The average molecular weight is 304 g/mol. The van der Waals surface area contributed by atoms with Crippen LogP contribution in [0.25, 0.3) is 0 Å². The number of ether oxygens (including phenoxy) is 2. The lowest BCUT2D eigenvalue weighted by Crippen LogP contribution is -2.39. The summed E-state index contributed by atoms with van der Waals surface area (Å²) in [7, 11) is 0. The van der Waals surface area contributed by atoms with Crippen molar-refractivity contribution in [3.63, 3.8) is 0 Å². The Hall–Kier alpha value is -1.75. The summed E-state index contributed by atoms with van der Waals surface area (Å²) < 4.78 is 11.2. The monoisotopic (exact) mass is 304 g/mol. The zero-order chi connectivity index (χ0) is 15.5. The van der Waals surface area contributed by atoms with Crippen molar-refractivity contribution >= 4 is 5.91 Å². The molecule has 1 aromatic carbocycles. The number of carbonyl (C=O) groups excluding carboxylic acids is 1. The molecular weight excluding hydrogens is 280 g/mol. The van der Waals surface area contributed by atoms with Crippen LogP contribution in [0.4, 0.5) is 0 Å². The molecular formula is C17H24N2O3. The van der Waals surface area contributed by atoms with Crippen molar-refractivity contribution in [1.82, 2.24) is 10.2 Å². The van der Waals surface area contributed by atoms with Gasteiger partial charge in [-0.1, -0.05) is 6.07 Å². The Labute approximate surface area is 131 Å². The second kappa shape index (κ2) is 6.57. The molecule has 120 valence electrons. The van der Waals surface area contributed by atoms with Crippen molar-refractivity contribution in [3.05, 3.63) is 23.8 Å². The third kappa shape index (κ3) is 3.35. The summed E-state index contributed by atoms with van der Waals surface area (Å²) >= 11 is 0. The molecule has 1 fully saturated rings. The number of hydrogen-bond acceptors (Lipinski definition) is 4. The summed E-state index contributed by atoms with van der Waals surface area (Å²) in [6.45, 7) is 6.60. The first-order valence-corrected chi connectivity index (χ1v) is 8.06. The smallest absolute Gasteiger partial charge is 0.234 e. The Morgan fingerprint density at radius 1 is 1.32 bits per heavy atom. The standard InChI is InChI=1S/C17H24N2O3/c1-12(2)18-17(20)11-19-7-3-4-14(19)13-5-6-15-16(10-13)22-9-8-21-15/h5-6,10,12,14H,3-4,7-9,11H2,1-2H3,(H,18,20). The van der Waals surface area contributed by atoms with Crippen LogP contribution in [0, 0.1) is 0 Å². The minimum atomic E-state index is 0.0967. The molecule has 1 atom stereocenters. The third-order valence-electron chi connectivity index (χ3n) is 4.11. The second-order valence-electron chi connectivity index (χ2n) is 6.25. The molecule has 2 aliphatic rings. The van der Waals surface area contributed by atoms with E-state index in [0.717, 1.165) is 30.9 Å². The molecule has 0 radical (unpaired) electrons. The summed E-state index contributed by atoms with van der Waals surface area (Å²) in [5, 5.41) is 2.97. The predicted molar refractivity (Wildman–Crippen MR) is 84.3 cm³/mol. The van der Waals surface area contributed by atoms with Crippen LogP contribution in [0.3, 0.4) is 0 Å². The normalized spacial score (nSPS) is 21.1. The number of fused-ring (bicyclic) bond motifs is 1. The van der Waals surface area contributed by atoms with Gasteiger partial charge in [0.1, 0.15) is 13.2 Å². The van der Waals surface area contributed by atoms with E-state index >= 15 is 0 Å². The topological polar surface area (TPSA) is 50.8 Å². The average Bonchev–Trinajstić information content (AvgIpc) is 2.94. The van der Waals surface area contributed by atoms with E-state index in [1.807, 2.05) is 19.9 Å². The van der Waals surface area contributed by atoms with Crippen molar-refractivity contribution in [1.29, 1.82) is 0 Å². The number of carbonyl (C=O) groups is 1. The number of nitrogens with one attached hydrogen (secondary N) is 1. The molecule has 5 heteroatoms. The summed E-state index contributed by atoms with van der Waals surface area (Å²) in [5.74, 6) is 1.73. The molecule has 22 heavy (non-hydrogen) atoms. The fourth-order valence-electron chi connectivity index (χ4n) is 3.21. The maximum Gasteiger partial charge on any atom is 0.234 e. The van der Waals surface area contributed by atoms with Gasteiger partial charge in [0, 0.05) is 12.1 Å². The van der Waals surface area contributed by atoms with Crippen molar-refractivity contribution in [2.75, 3.05) is 26.3 Å². The summed E-state index contributed by atoms with van der Waals surface area (Å²) in [4.78, 5) is 14.3. The molecule has 2 aliphatic heterocycles. The Bertz CT molecular complexity index is 545. The van der Waals surface area contributed by atoms with Crippen LogP contribution >= 0.6 is 0 Å². The summed E-state index contributed by atoms with van der Waals surface area (Å²) in [5.41, 5.74) is 1.21. The molecule has 0 spiro atoms. The number of rotatable bonds is 4. The third-order valence-corrected chi connectivity index (χ3v) is 4.11. The molecule has 1 aromatic rings. The van der Waals surface area contributed by atoms with Crippen LogP contribution in [0.2, 0.25) is 0 Å². The van der Waals surface area contributed by atoms with E-state index in [1.165, 1.54) is 5.56 Å². The van der Waals surface area contributed by atoms with Gasteiger partial charge in [-0.15, -0.1) is 0 Å². The van der Waals surface area contributed by atoms with E-state index in [1.54, 1.807) is 0 Å². The molecule has 1 saturated heterocycles. The van der Waals surface area contributed by atoms with Crippen molar-refractivity contribution in [3.8, 4) is 11.5 Å². The van der Waals surface area contributed by atoms with Gasteiger partial charge in [-0.25, -0.2) is 0 Å². The first-order chi connectivity index (χ1) is 10.6. The highest BCUT2D eigenvalue weighted by molar-refractivity contribution is 5.78. The lowest BCUT2D eigenvalue weighted by molar-refractivity contribution is -0.122. The molecule has 1 amide bonds. The minimum absolute atomic E-state index is 0.0967. The highest BCUT2D eigenvalue weighted by atomic mass is 16.6. The van der Waals surface area contributed by atoms with E-state index < -0.39 is 0 Å². The van der Waals surface area contributed by atoms with Gasteiger partial charge in [-0.3, -0.25) is 9.69 Å². The predicted octanol–water partition coefficient (Wildman–Crippen LogP) is 2.12. The van der Waals surface area contributed by atoms with Gasteiger partial charge in [0.2, 0.25) is 5.91 Å². The van der Waals surface area contributed by atoms with Gasteiger partial charge in [0.15, 0.2) is 11.5 Å². The maximum atomic E-state index is 12.0. The molecule has 1 unspecified atom stereocenters. The number of hydrogen-bond donors (Lipinski definition) is 1. The van der Waals surface area contributed by atoms with Gasteiger partial charge >= 0.3 is 0 Å². The molecule has 1 N–H and O–H groups in total. The first-order valence-electron chi connectivity index (χ1n) is 8.06. The summed E-state index contributed by atoms with van der Waals surface area (Å²) in [6, 6.07) is 6.61. The zero-order valence-corrected chi connectivity index (χ0v) is 13.3. The van der Waals surface area contributed by atoms with E-state index in [0.29, 0.717) is 19.8 Å². The largest absolute Gasteiger partial charge is 0.486 e. The number of likely N-dealkylation sites (tertiary alicyclic amines) is 1. The zero-order valence-electron chi connectivity index (χ0n) is 13.3. The van der Waals surface area contributed by atoms with Crippen molar-refractivity contribution in [2.24, 2.45) is 0 Å². The Morgan fingerprint density at radius 2 is 2.09 bits per heavy atom. The Kier molecular flexibility index (Phi) is 4.52. The van der Waals surface area contributed by atoms with Crippen LogP contribution in [-0.4, -0.2) is 43.2 Å². The van der Waals surface area contributed by atoms with Gasteiger partial charge in [-0.2, -0.15) is 0 Å². The Balaban J connectivity index is 1.71. The van der Waals surface area contributed by atoms with Gasteiger partial charge in [0.25, 0.3) is 0 Å². The summed E-state index contributed by atoms with van der Waals surface area (Å²) in [6.07, 6.45) is 2.20. The molecule has 5 nitrogen and oxygen atoms in total. The molecule has 0 bridgehead atoms. The lowest BCUT2D eigenvalue weighted by Gasteiger charge is -2.26. The molecule has 3 rings (SSSR count). The molecule has 0 aliphatic carbocycles. The highest BCUT2D eigenvalue weighted by Crippen LogP contribution is 2.37. The number of benzene rings is 1. The van der Waals surface area contributed by atoms with Crippen LogP contribution in [0.15, 0.2) is 18.2 Å². The van der Waals surface area contributed by atoms with Crippen LogP contribution in [0.1, 0.15) is 38.3 Å². The molecule has 2 heterocycles. The molecule has 0 saturated carbocycles. The van der Waals surface area contributed by atoms with E-state index in [9.17, 15) is 4.79 Å². The lowest BCUT2D eigenvalue weighted by atomic mass is 10.0. The highest BCUT2D eigenvalue weighted by Gasteiger charge is 2.28. The minimum Gasteiger partial charge on any atom is -0.486 e. The van der Waals surface area contributed by atoms with E-state index in [-0.39, 0.29) is 18.0 Å². The first kappa shape index (κ1) is 15.2.